The molecule has 6 bridgehead atoms. The molecule has 3 N–H and O–H groups in total. The molecule has 5 atom stereocenters. The first-order chi connectivity index (χ1) is 28.5. The van der Waals surface area contributed by atoms with Crippen molar-refractivity contribution in [2.75, 3.05) is 19.0 Å². The number of nitrogens with one attached hydrogen (secondary N) is 3. The molecule has 5 aliphatic rings. The normalized spacial score (nSPS) is 25.8. The van der Waals surface area contributed by atoms with Crippen molar-refractivity contribution in [1.82, 2.24) is 24.9 Å². The zero-order valence-corrected chi connectivity index (χ0v) is 34.5. The van der Waals surface area contributed by atoms with Crippen molar-refractivity contribution in [3.05, 3.63) is 83.9 Å². The van der Waals surface area contributed by atoms with E-state index >= 15 is 4.79 Å². The van der Waals surface area contributed by atoms with E-state index in [0.717, 1.165) is 54.3 Å². The first-order valence-corrected chi connectivity index (χ1v) is 22.9. The van der Waals surface area contributed by atoms with E-state index in [1.807, 2.05) is 60.0 Å². The molecule has 2 aromatic carbocycles. The van der Waals surface area contributed by atoms with Crippen LogP contribution in [0.15, 0.2) is 72.6 Å². The number of thiazole rings is 1. The van der Waals surface area contributed by atoms with Gasteiger partial charge in [0, 0.05) is 46.4 Å². The van der Waals surface area contributed by atoms with Crippen LogP contribution in [0.25, 0.3) is 28.2 Å². The van der Waals surface area contributed by atoms with E-state index in [4.69, 9.17) is 19.4 Å². The molecule has 4 heterocycles. The van der Waals surface area contributed by atoms with Gasteiger partial charge in [0.15, 0.2) is 5.13 Å². The number of ether oxygens (including phenoxy) is 2. The molecule has 9 rings (SSSR count). The van der Waals surface area contributed by atoms with Gasteiger partial charge >= 0.3 is 0 Å². The van der Waals surface area contributed by atoms with E-state index in [1.54, 1.807) is 18.1 Å². The van der Waals surface area contributed by atoms with Gasteiger partial charge in [-0.15, -0.1) is 17.9 Å². The largest absolute Gasteiger partial charge is 0.496 e. The molecule has 3 saturated carbocycles. The average molecular weight is 837 g/mol. The second kappa shape index (κ2) is 15.7. The van der Waals surface area contributed by atoms with Gasteiger partial charge in [-0.25, -0.2) is 18.4 Å². The quantitative estimate of drug-likeness (QED) is 0.170. The summed E-state index contributed by atoms with van der Waals surface area (Å²) in [6.45, 7) is 3.95. The van der Waals surface area contributed by atoms with Crippen molar-refractivity contribution in [2.24, 2.45) is 11.8 Å². The highest BCUT2D eigenvalue weighted by Crippen LogP contribution is 2.46. The minimum atomic E-state index is -3.88. The van der Waals surface area contributed by atoms with Gasteiger partial charge < -0.3 is 25.0 Å². The number of aromatic nitrogens is 2. The number of fused-ring (bicyclic) bond motifs is 5. The molecular formula is C44H48N6O7S2. The Morgan fingerprint density at radius 2 is 1.90 bits per heavy atom. The number of anilines is 1. The molecule has 2 aliphatic heterocycles. The van der Waals surface area contributed by atoms with Gasteiger partial charge in [-0.2, -0.15) is 0 Å². The molecule has 4 aromatic rings. The Morgan fingerprint density at radius 1 is 1.10 bits per heavy atom. The van der Waals surface area contributed by atoms with Crippen LogP contribution in [-0.4, -0.2) is 83.6 Å². The lowest BCUT2D eigenvalue weighted by Gasteiger charge is -2.32. The van der Waals surface area contributed by atoms with Gasteiger partial charge in [0.1, 0.15) is 35.2 Å². The molecule has 3 amide bonds. The van der Waals surface area contributed by atoms with Gasteiger partial charge in [0.25, 0.3) is 5.91 Å². The van der Waals surface area contributed by atoms with Crippen LogP contribution in [0.5, 0.6) is 11.5 Å². The van der Waals surface area contributed by atoms with Crippen LogP contribution < -0.4 is 24.8 Å². The molecule has 0 radical (unpaired) electrons. The number of hydrogen-bond acceptors (Lipinski definition) is 11. The molecule has 4 fully saturated rings. The van der Waals surface area contributed by atoms with Crippen molar-refractivity contribution in [3.63, 3.8) is 0 Å². The lowest BCUT2D eigenvalue weighted by molar-refractivity contribution is -0.141. The second-order valence-electron chi connectivity index (χ2n) is 16.4. The van der Waals surface area contributed by atoms with Crippen LogP contribution in [0.1, 0.15) is 69.0 Å². The minimum absolute atomic E-state index is 0.0244. The van der Waals surface area contributed by atoms with Crippen LogP contribution in [0.3, 0.4) is 0 Å². The third-order valence-electron chi connectivity index (χ3n) is 12.4. The molecule has 59 heavy (non-hydrogen) atoms. The summed E-state index contributed by atoms with van der Waals surface area (Å²) in [5.41, 5.74) is 2.48. The predicted molar refractivity (Wildman–Crippen MR) is 226 cm³/mol. The topological polar surface area (TPSA) is 169 Å². The number of sulfonamides is 1. The van der Waals surface area contributed by atoms with Crippen molar-refractivity contribution < 1.29 is 32.3 Å². The van der Waals surface area contributed by atoms with Gasteiger partial charge in [0.05, 0.1) is 35.8 Å². The summed E-state index contributed by atoms with van der Waals surface area (Å²) in [4.78, 5) is 54.9. The van der Waals surface area contributed by atoms with Crippen LogP contribution in [0.2, 0.25) is 0 Å². The number of rotatable bonds is 9. The molecule has 308 valence electrons. The number of allylic oxidation sites excluding steroid dienone is 1. The summed E-state index contributed by atoms with van der Waals surface area (Å²) < 4.78 is 40.7. The predicted octanol–water partition coefficient (Wildman–Crippen LogP) is 6.01. The van der Waals surface area contributed by atoms with Gasteiger partial charge in [-0.3, -0.25) is 19.1 Å². The fraction of sp³-hybridized carbons (Fsp3) is 0.432. The molecule has 0 spiro atoms. The maximum Gasteiger partial charge on any atom is 0.259 e. The van der Waals surface area contributed by atoms with E-state index in [9.17, 15) is 18.0 Å². The summed E-state index contributed by atoms with van der Waals surface area (Å²) in [5.74, 6) is -0.844. The number of nitrogens with zero attached hydrogens (tertiary/aromatic N) is 3. The number of methoxy groups -OCH3 is 1. The Labute approximate surface area is 347 Å². The van der Waals surface area contributed by atoms with Gasteiger partial charge in [0.2, 0.25) is 21.8 Å². The fourth-order valence-corrected chi connectivity index (χ4v) is 11.0. The lowest BCUT2D eigenvalue weighted by atomic mass is 9.96. The Morgan fingerprint density at radius 3 is 2.63 bits per heavy atom. The van der Waals surface area contributed by atoms with Crippen molar-refractivity contribution in [1.29, 1.82) is 0 Å². The number of carbonyl (C=O) groups is 3. The SMILES string of the molecule is C=C[C@@H]1C[C@]1(NC(=O)[C@@H]1C[C@@H]2CN1C(=O)[C@H](C1CCCC1)Nc1nc(cs1)CCC=Cc1cc3c(cc(-c4ccccc4)nc3cc1OC)O2)C(=O)NS(=O)(=O)C1CC1. The monoisotopic (exact) mass is 836 g/mol. The zero-order valence-electron chi connectivity index (χ0n) is 32.9. The summed E-state index contributed by atoms with van der Waals surface area (Å²) in [6, 6.07) is 13.9. The highest BCUT2D eigenvalue weighted by molar-refractivity contribution is 7.91. The van der Waals surface area contributed by atoms with Crippen molar-refractivity contribution in [3.8, 4) is 22.8 Å². The van der Waals surface area contributed by atoms with Crippen LogP contribution in [-0.2, 0) is 30.8 Å². The second-order valence-corrected chi connectivity index (χ2v) is 19.2. The standard InChI is InChI=1S/C44H48N6O7S2/c1-3-29-23-44(29,42(53)49-59(54,55)32-17-18-32)48-40(51)36-20-31-24-50(36)41(52)39(27-13-7-8-14-27)47-43-45-30(25-58-43)16-10-9-15-28-19-33-35(22-37(28)56-2)46-34(21-38(33)57-31)26-11-5-4-6-12-26/h3-6,9,11-12,15,19,21-22,25,27,29,31-32,36,39H,1,7-8,10,13-14,16-18,20,23-24H2,2H3,(H,45,47)(H,48,51)(H,49,53)/t29-,31-,36+,39+,44-/m1/s1. The molecule has 2 aromatic heterocycles. The van der Waals surface area contributed by atoms with Crippen molar-refractivity contribution >= 4 is 61.2 Å². The smallest absolute Gasteiger partial charge is 0.259 e. The number of benzene rings is 2. The molecule has 15 heteroatoms. The highest BCUT2D eigenvalue weighted by Gasteiger charge is 2.62. The average Bonchev–Trinajstić information content (AvgIpc) is 4.02. The molecule has 3 aliphatic carbocycles. The fourth-order valence-electron chi connectivity index (χ4n) is 8.89. The molecule has 1 saturated heterocycles. The number of amides is 3. The van der Waals surface area contributed by atoms with E-state index in [2.05, 4.69) is 28.0 Å². The molecule has 13 nitrogen and oxygen atoms in total. The highest BCUT2D eigenvalue weighted by atomic mass is 32.2. The zero-order chi connectivity index (χ0) is 40.9. The Bertz CT molecular complexity index is 2450. The minimum Gasteiger partial charge on any atom is -0.496 e. The van der Waals surface area contributed by atoms with Gasteiger partial charge in [-0.1, -0.05) is 61.4 Å². The Kier molecular flexibility index (Phi) is 10.4. The summed E-state index contributed by atoms with van der Waals surface area (Å²) in [6.07, 6.45) is 11.5. The van der Waals surface area contributed by atoms with Crippen LogP contribution >= 0.6 is 11.3 Å². The summed E-state index contributed by atoms with van der Waals surface area (Å²) in [7, 11) is -2.25. The maximum absolute atomic E-state index is 15.1. The third-order valence-corrected chi connectivity index (χ3v) is 15.1. The van der Waals surface area contributed by atoms with E-state index in [0.29, 0.717) is 47.1 Å². The van der Waals surface area contributed by atoms with E-state index in [1.165, 1.54) is 11.3 Å². The summed E-state index contributed by atoms with van der Waals surface area (Å²) >= 11 is 1.46. The lowest BCUT2D eigenvalue weighted by Crippen LogP contribution is -2.58. The van der Waals surface area contributed by atoms with Crippen molar-refractivity contribution in [2.45, 2.75) is 93.2 Å². The van der Waals surface area contributed by atoms with Crippen LogP contribution in [0, 0.1) is 11.8 Å². The first kappa shape index (κ1) is 39.2. The van der Waals surface area contributed by atoms with Gasteiger partial charge in [-0.05, 0) is 56.9 Å². The van der Waals surface area contributed by atoms with E-state index < -0.39 is 56.7 Å². The number of pyridine rings is 1. The Hall–Kier alpha value is -5.28. The third kappa shape index (κ3) is 7.82. The number of carbonyl (C=O) groups excluding carboxylic acids is 3. The number of aryl methyl sites for hydroxylation is 1. The summed E-state index contributed by atoms with van der Waals surface area (Å²) in [5, 5.41) is 9.20. The van der Waals surface area contributed by atoms with E-state index in [-0.39, 0.29) is 31.2 Å². The number of hydrogen-bond donors (Lipinski definition) is 3. The molecular weight excluding hydrogens is 789 g/mol. The van der Waals surface area contributed by atoms with Crippen LogP contribution in [0.4, 0.5) is 5.13 Å². The molecule has 0 unspecified atom stereocenters. The Balaban J connectivity index is 1.11. The first-order valence-electron chi connectivity index (χ1n) is 20.5. The maximum atomic E-state index is 15.1.